The lowest BCUT2D eigenvalue weighted by Crippen LogP contribution is -2.04. The van der Waals surface area contributed by atoms with Crippen LogP contribution in [-0.2, 0) is 0 Å². The zero-order valence-electron chi connectivity index (χ0n) is 10.5. The van der Waals surface area contributed by atoms with E-state index in [9.17, 15) is 9.90 Å². The van der Waals surface area contributed by atoms with E-state index in [-0.39, 0.29) is 11.4 Å². The predicted molar refractivity (Wildman–Crippen MR) is 72.2 cm³/mol. The van der Waals surface area contributed by atoms with E-state index in [1.165, 1.54) is 6.20 Å². The largest absolute Gasteiger partial charge is 0.477 e. The first-order chi connectivity index (χ1) is 8.99. The quantitative estimate of drug-likeness (QED) is 0.926. The molecule has 0 amide bonds. The van der Waals surface area contributed by atoms with E-state index in [2.05, 4.69) is 4.98 Å². The Kier molecular flexibility index (Phi) is 3.71. The fourth-order valence-electron chi connectivity index (χ4n) is 1.66. The first-order valence-corrected chi connectivity index (χ1v) is 5.99. The van der Waals surface area contributed by atoms with Crippen molar-refractivity contribution in [2.75, 3.05) is 0 Å². The van der Waals surface area contributed by atoms with Crippen molar-refractivity contribution >= 4 is 17.6 Å². The van der Waals surface area contributed by atoms with E-state index in [0.717, 1.165) is 5.56 Å². The SMILES string of the molecule is Cc1ccc(Oc2nccc(C)c2C(=O)O)c(Cl)c1. The summed E-state index contributed by atoms with van der Waals surface area (Å²) in [6.07, 6.45) is 1.50. The van der Waals surface area contributed by atoms with Gasteiger partial charge in [0.15, 0.2) is 0 Å². The third-order valence-corrected chi connectivity index (χ3v) is 2.93. The van der Waals surface area contributed by atoms with Gasteiger partial charge in [-0.3, -0.25) is 0 Å². The van der Waals surface area contributed by atoms with Gasteiger partial charge in [-0.2, -0.15) is 0 Å². The lowest BCUT2D eigenvalue weighted by Gasteiger charge is -2.10. The molecule has 5 heteroatoms. The van der Waals surface area contributed by atoms with Crippen molar-refractivity contribution < 1.29 is 14.6 Å². The Morgan fingerprint density at radius 3 is 2.68 bits per heavy atom. The number of carbonyl (C=O) groups is 1. The molecule has 0 radical (unpaired) electrons. The van der Waals surface area contributed by atoms with Crippen LogP contribution >= 0.6 is 11.6 Å². The van der Waals surface area contributed by atoms with Crippen molar-refractivity contribution in [3.8, 4) is 11.6 Å². The van der Waals surface area contributed by atoms with E-state index in [1.54, 1.807) is 25.1 Å². The minimum absolute atomic E-state index is 0.0400. The summed E-state index contributed by atoms with van der Waals surface area (Å²) in [7, 11) is 0. The van der Waals surface area contributed by atoms with Crippen LogP contribution in [0.3, 0.4) is 0 Å². The second-order valence-electron chi connectivity index (χ2n) is 4.15. The smallest absolute Gasteiger partial charge is 0.341 e. The number of benzene rings is 1. The van der Waals surface area contributed by atoms with Crippen LogP contribution in [0.1, 0.15) is 21.5 Å². The molecular formula is C14H12ClNO3. The number of pyridine rings is 1. The first-order valence-electron chi connectivity index (χ1n) is 5.62. The number of rotatable bonds is 3. The maximum Gasteiger partial charge on any atom is 0.341 e. The Morgan fingerprint density at radius 1 is 1.32 bits per heavy atom. The van der Waals surface area contributed by atoms with Crippen LogP contribution in [0.25, 0.3) is 0 Å². The number of halogens is 1. The van der Waals surface area contributed by atoms with Crippen LogP contribution in [0.15, 0.2) is 30.5 Å². The molecule has 0 aliphatic rings. The Balaban J connectivity index is 2.44. The summed E-state index contributed by atoms with van der Waals surface area (Å²) in [5.41, 5.74) is 1.62. The van der Waals surface area contributed by atoms with E-state index < -0.39 is 5.97 Å². The maximum absolute atomic E-state index is 11.2. The number of aryl methyl sites for hydroxylation is 2. The molecule has 1 N–H and O–H groups in total. The van der Waals surface area contributed by atoms with Gasteiger partial charge in [-0.05, 0) is 43.2 Å². The van der Waals surface area contributed by atoms with Gasteiger partial charge in [0.25, 0.3) is 0 Å². The Labute approximate surface area is 115 Å². The average Bonchev–Trinajstić information content (AvgIpc) is 2.32. The highest BCUT2D eigenvalue weighted by atomic mass is 35.5. The third-order valence-electron chi connectivity index (χ3n) is 2.63. The summed E-state index contributed by atoms with van der Waals surface area (Å²) in [6.45, 7) is 3.60. The van der Waals surface area contributed by atoms with Crippen LogP contribution in [0, 0.1) is 13.8 Å². The Bertz CT molecular complexity index is 641. The summed E-state index contributed by atoms with van der Waals surface area (Å²) < 4.78 is 5.51. The molecule has 0 spiro atoms. The van der Waals surface area contributed by atoms with Crippen molar-refractivity contribution in [3.05, 3.63) is 52.2 Å². The first kappa shape index (κ1) is 13.4. The number of carboxylic acids is 1. The Morgan fingerprint density at radius 2 is 2.05 bits per heavy atom. The summed E-state index contributed by atoms with van der Waals surface area (Å²) in [4.78, 5) is 15.2. The minimum Gasteiger partial charge on any atom is -0.477 e. The molecule has 0 saturated carbocycles. The number of carboxylic acid groups (broad SMARTS) is 1. The number of hydrogen-bond acceptors (Lipinski definition) is 3. The van der Waals surface area contributed by atoms with Crippen molar-refractivity contribution in [1.82, 2.24) is 4.98 Å². The lowest BCUT2D eigenvalue weighted by atomic mass is 10.1. The molecule has 0 atom stereocenters. The van der Waals surface area contributed by atoms with Gasteiger partial charge in [0.05, 0.1) is 5.02 Å². The molecular weight excluding hydrogens is 266 g/mol. The minimum atomic E-state index is -1.08. The number of aromatic carboxylic acids is 1. The van der Waals surface area contributed by atoms with E-state index in [4.69, 9.17) is 16.3 Å². The summed E-state index contributed by atoms with van der Waals surface area (Å²) >= 11 is 6.05. The van der Waals surface area contributed by atoms with Gasteiger partial charge in [-0.15, -0.1) is 0 Å². The molecule has 0 bridgehead atoms. The van der Waals surface area contributed by atoms with Gasteiger partial charge in [0.1, 0.15) is 11.3 Å². The topological polar surface area (TPSA) is 59.4 Å². The summed E-state index contributed by atoms with van der Waals surface area (Å²) in [5.74, 6) is -0.657. The van der Waals surface area contributed by atoms with E-state index >= 15 is 0 Å². The van der Waals surface area contributed by atoms with E-state index in [1.807, 2.05) is 13.0 Å². The molecule has 0 aliphatic carbocycles. The van der Waals surface area contributed by atoms with Crippen LogP contribution in [0.2, 0.25) is 5.02 Å². The molecule has 0 fully saturated rings. The second kappa shape index (κ2) is 5.28. The zero-order valence-corrected chi connectivity index (χ0v) is 11.2. The number of aromatic nitrogens is 1. The van der Waals surface area contributed by atoms with E-state index in [0.29, 0.717) is 16.3 Å². The summed E-state index contributed by atoms with van der Waals surface area (Å²) in [6, 6.07) is 6.88. The van der Waals surface area contributed by atoms with Crippen LogP contribution in [0.4, 0.5) is 0 Å². The van der Waals surface area contributed by atoms with Crippen molar-refractivity contribution in [3.63, 3.8) is 0 Å². The fourth-order valence-corrected chi connectivity index (χ4v) is 1.94. The van der Waals surface area contributed by atoms with Crippen molar-refractivity contribution in [1.29, 1.82) is 0 Å². The van der Waals surface area contributed by atoms with Gasteiger partial charge >= 0.3 is 5.97 Å². The molecule has 98 valence electrons. The molecule has 1 aromatic carbocycles. The third kappa shape index (κ3) is 2.85. The fraction of sp³-hybridized carbons (Fsp3) is 0.143. The molecule has 4 nitrogen and oxygen atoms in total. The number of ether oxygens (including phenoxy) is 1. The molecule has 19 heavy (non-hydrogen) atoms. The van der Waals surface area contributed by atoms with Gasteiger partial charge in [-0.25, -0.2) is 9.78 Å². The average molecular weight is 278 g/mol. The van der Waals surface area contributed by atoms with Crippen LogP contribution in [0.5, 0.6) is 11.6 Å². The van der Waals surface area contributed by atoms with Gasteiger partial charge in [0, 0.05) is 6.20 Å². The highest BCUT2D eigenvalue weighted by Crippen LogP contribution is 2.31. The summed E-state index contributed by atoms with van der Waals surface area (Å²) in [5, 5.41) is 9.60. The molecule has 2 rings (SSSR count). The number of hydrogen-bond donors (Lipinski definition) is 1. The Hall–Kier alpha value is -2.07. The zero-order chi connectivity index (χ0) is 14.0. The van der Waals surface area contributed by atoms with Gasteiger partial charge in [0.2, 0.25) is 5.88 Å². The monoisotopic (exact) mass is 277 g/mol. The van der Waals surface area contributed by atoms with Crippen LogP contribution < -0.4 is 4.74 Å². The van der Waals surface area contributed by atoms with Crippen molar-refractivity contribution in [2.45, 2.75) is 13.8 Å². The van der Waals surface area contributed by atoms with Crippen molar-refractivity contribution in [2.24, 2.45) is 0 Å². The maximum atomic E-state index is 11.2. The highest BCUT2D eigenvalue weighted by molar-refractivity contribution is 6.32. The second-order valence-corrected chi connectivity index (χ2v) is 4.56. The normalized spacial score (nSPS) is 10.3. The molecule has 0 saturated heterocycles. The molecule has 1 aromatic heterocycles. The highest BCUT2D eigenvalue weighted by Gasteiger charge is 2.17. The molecule has 0 unspecified atom stereocenters. The van der Waals surface area contributed by atoms with Gasteiger partial charge < -0.3 is 9.84 Å². The van der Waals surface area contributed by atoms with Gasteiger partial charge in [-0.1, -0.05) is 17.7 Å². The molecule has 1 heterocycles. The standard InChI is InChI=1S/C14H12ClNO3/c1-8-3-4-11(10(15)7-8)19-13-12(14(17)18)9(2)5-6-16-13/h3-7H,1-2H3,(H,17,18). The van der Waals surface area contributed by atoms with Crippen LogP contribution in [-0.4, -0.2) is 16.1 Å². The predicted octanol–water partition coefficient (Wildman–Crippen LogP) is 3.84. The molecule has 0 aliphatic heterocycles. The molecule has 2 aromatic rings. The lowest BCUT2D eigenvalue weighted by molar-refractivity contribution is 0.0692. The number of nitrogens with zero attached hydrogens (tertiary/aromatic N) is 1.